The highest BCUT2D eigenvalue weighted by molar-refractivity contribution is 5.90. The molecule has 2 aromatic rings. The molecule has 33 heavy (non-hydrogen) atoms. The molecule has 0 radical (unpaired) electrons. The van der Waals surface area contributed by atoms with Crippen molar-refractivity contribution in [3.63, 3.8) is 0 Å². The van der Waals surface area contributed by atoms with Gasteiger partial charge in [0.2, 0.25) is 12.4 Å². The number of rotatable bonds is 7. The van der Waals surface area contributed by atoms with Crippen molar-refractivity contribution in [1.82, 2.24) is 0 Å². The third-order valence-electron chi connectivity index (χ3n) is 5.01. The zero-order chi connectivity index (χ0) is 24.0. The lowest BCUT2D eigenvalue weighted by molar-refractivity contribution is -0.188. The van der Waals surface area contributed by atoms with Gasteiger partial charge in [-0.25, -0.2) is 9.59 Å². The van der Waals surface area contributed by atoms with E-state index in [4.69, 9.17) is 23.7 Å². The highest BCUT2D eigenvalue weighted by Gasteiger charge is 2.60. The molecule has 4 atom stereocenters. The predicted octanol–water partition coefficient (Wildman–Crippen LogP) is 2.68. The fraction of sp³-hybridized carbons (Fsp3) is 0.333. The second-order valence-corrected chi connectivity index (χ2v) is 7.54. The van der Waals surface area contributed by atoms with Crippen LogP contribution < -0.4 is 0 Å². The molecule has 0 bridgehead atoms. The molecule has 0 spiro atoms. The molecular weight excluding hydrogens is 432 g/mol. The lowest BCUT2D eigenvalue weighted by Crippen LogP contribution is -2.52. The van der Waals surface area contributed by atoms with Crippen molar-refractivity contribution in [2.75, 3.05) is 6.61 Å². The Labute approximate surface area is 190 Å². The van der Waals surface area contributed by atoms with Gasteiger partial charge in [-0.2, -0.15) is 0 Å². The molecular formula is C24H24O9. The van der Waals surface area contributed by atoms with Crippen LogP contribution >= 0.6 is 0 Å². The molecule has 1 aliphatic rings. The summed E-state index contributed by atoms with van der Waals surface area (Å²) >= 11 is 0. The Morgan fingerprint density at radius 1 is 0.818 bits per heavy atom. The molecule has 1 fully saturated rings. The summed E-state index contributed by atoms with van der Waals surface area (Å²) in [7, 11) is 0. The first kappa shape index (κ1) is 23.9. The van der Waals surface area contributed by atoms with Gasteiger partial charge < -0.3 is 23.7 Å². The quantitative estimate of drug-likeness (QED) is 0.458. The van der Waals surface area contributed by atoms with Gasteiger partial charge in [-0.05, 0) is 31.2 Å². The maximum absolute atomic E-state index is 12.7. The molecule has 1 saturated heterocycles. The molecule has 1 heterocycles. The van der Waals surface area contributed by atoms with Crippen molar-refractivity contribution in [1.29, 1.82) is 0 Å². The van der Waals surface area contributed by atoms with Gasteiger partial charge in [-0.3, -0.25) is 9.59 Å². The van der Waals surface area contributed by atoms with E-state index in [0.717, 1.165) is 6.92 Å². The van der Waals surface area contributed by atoms with Crippen LogP contribution in [0.3, 0.4) is 0 Å². The first-order valence-corrected chi connectivity index (χ1v) is 10.2. The Kier molecular flexibility index (Phi) is 7.44. The van der Waals surface area contributed by atoms with Gasteiger partial charge in [0.1, 0.15) is 12.7 Å². The van der Waals surface area contributed by atoms with Crippen LogP contribution in [0.15, 0.2) is 60.7 Å². The fourth-order valence-electron chi connectivity index (χ4n) is 3.45. The second kappa shape index (κ2) is 10.3. The van der Waals surface area contributed by atoms with Crippen LogP contribution in [0.1, 0.15) is 41.5 Å². The molecule has 174 valence electrons. The zero-order valence-electron chi connectivity index (χ0n) is 18.4. The van der Waals surface area contributed by atoms with Crippen LogP contribution in [0.2, 0.25) is 0 Å². The Morgan fingerprint density at radius 2 is 1.36 bits per heavy atom. The average Bonchev–Trinajstić information content (AvgIpc) is 3.02. The van der Waals surface area contributed by atoms with E-state index in [0.29, 0.717) is 5.56 Å². The van der Waals surface area contributed by atoms with Crippen molar-refractivity contribution < 1.29 is 42.9 Å². The monoisotopic (exact) mass is 456 g/mol. The van der Waals surface area contributed by atoms with E-state index in [-0.39, 0.29) is 12.2 Å². The third kappa shape index (κ3) is 5.75. The van der Waals surface area contributed by atoms with Crippen LogP contribution in [-0.4, -0.2) is 54.6 Å². The van der Waals surface area contributed by atoms with E-state index in [2.05, 4.69) is 0 Å². The summed E-state index contributed by atoms with van der Waals surface area (Å²) < 4.78 is 27.4. The van der Waals surface area contributed by atoms with E-state index in [1.165, 1.54) is 13.8 Å². The number of hydrogen-bond acceptors (Lipinski definition) is 9. The Bertz CT molecular complexity index is 1010. The topological polar surface area (TPSA) is 114 Å². The number of esters is 4. The number of ether oxygens (including phenoxy) is 5. The molecule has 0 N–H and O–H groups in total. The second-order valence-electron chi connectivity index (χ2n) is 7.54. The minimum absolute atomic E-state index is 0.239. The average molecular weight is 456 g/mol. The molecule has 0 aliphatic carbocycles. The molecule has 0 unspecified atom stereocenters. The Morgan fingerprint density at radius 3 is 1.88 bits per heavy atom. The summed E-state index contributed by atoms with van der Waals surface area (Å²) in [5.74, 6) is -2.75. The maximum Gasteiger partial charge on any atom is 0.338 e. The summed E-state index contributed by atoms with van der Waals surface area (Å²) in [6.07, 6.45) is -3.80. The van der Waals surface area contributed by atoms with Crippen LogP contribution in [0.5, 0.6) is 0 Å². The first-order valence-electron chi connectivity index (χ1n) is 10.2. The van der Waals surface area contributed by atoms with Crippen LogP contribution in [-0.2, 0) is 33.3 Å². The summed E-state index contributed by atoms with van der Waals surface area (Å²) in [4.78, 5) is 48.7. The van der Waals surface area contributed by atoms with Gasteiger partial charge in [-0.15, -0.1) is 0 Å². The van der Waals surface area contributed by atoms with Crippen molar-refractivity contribution >= 4 is 23.9 Å². The molecule has 0 aromatic heterocycles. The standard InChI is InChI=1S/C24H24O9/c1-15(25)30-23-20(32-22(28)18-12-8-5-9-13-18)24(3,33-16(2)26)19(31-23)14-29-21(27)17-10-6-4-7-11-17/h4-13,19-20,23H,14H2,1-3H3/t19-,20+,23+,24-/m1/s1. The van der Waals surface area contributed by atoms with E-state index in [9.17, 15) is 19.2 Å². The Hall–Kier alpha value is -3.72. The number of carbonyl (C=O) groups excluding carboxylic acids is 4. The van der Waals surface area contributed by atoms with E-state index in [1.807, 2.05) is 0 Å². The van der Waals surface area contributed by atoms with Crippen molar-refractivity contribution in [3.05, 3.63) is 71.8 Å². The van der Waals surface area contributed by atoms with E-state index >= 15 is 0 Å². The van der Waals surface area contributed by atoms with Crippen LogP contribution in [0, 0.1) is 0 Å². The van der Waals surface area contributed by atoms with Gasteiger partial charge in [-0.1, -0.05) is 36.4 Å². The third-order valence-corrected chi connectivity index (χ3v) is 5.01. The molecule has 0 amide bonds. The molecule has 0 saturated carbocycles. The van der Waals surface area contributed by atoms with Crippen molar-refractivity contribution in [2.24, 2.45) is 0 Å². The SMILES string of the molecule is CC(=O)O[C@H]1O[C@H](COC(=O)c2ccccc2)[C@@](C)(OC(C)=O)[C@H]1OC(=O)c1ccccc1. The van der Waals surface area contributed by atoms with Gasteiger partial charge in [0, 0.05) is 13.8 Å². The lowest BCUT2D eigenvalue weighted by Gasteiger charge is -2.33. The van der Waals surface area contributed by atoms with Gasteiger partial charge >= 0.3 is 23.9 Å². The minimum Gasteiger partial charge on any atom is -0.459 e. The van der Waals surface area contributed by atoms with Gasteiger partial charge in [0.25, 0.3) is 0 Å². The summed E-state index contributed by atoms with van der Waals surface area (Å²) in [5, 5.41) is 0. The zero-order valence-corrected chi connectivity index (χ0v) is 18.4. The van der Waals surface area contributed by atoms with Gasteiger partial charge in [0.15, 0.2) is 5.60 Å². The molecule has 2 aromatic carbocycles. The number of carbonyl (C=O) groups is 4. The highest BCUT2D eigenvalue weighted by atomic mass is 16.8. The largest absolute Gasteiger partial charge is 0.459 e. The molecule has 9 nitrogen and oxygen atoms in total. The smallest absolute Gasteiger partial charge is 0.338 e. The maximum atomic E-state index is 12.7. The summed E-state index contributed by atoms with van der Waals surface area (Å²) in [5.41, 5.74) is -1.07. The number of benzene rings is 2. The summed E-state index contributed by atoms with van der Waals surface area (Å²) in [6, 6.07) is 16.4. The minimum atomic E-state index is -1.62. The number of hydrogen-bond donors (Lipinski definition) is 0. The molecule has 3 rings (SSSR count). The normalized spacial score (nSPS) is 23.9. The predicted molar refractivity (Wildman–Crippen MR) is 113 cm³/mol. The van der Waals surface area contributed by atoms with E-state index < -0.39 is 48.0 Å². The lowest BCUT2D eigenvalue weighted by atomic mass is 9.94. The fourth-order valence-corrected chi connectivity index (χ4v) is 3.45. The van der Waals surface area contributed by atoms with E-state index in [1.54, 1.807) is 60.7 Å². The van der Waals surface area contributed by atoms with Crippen LogP contribution in [0.4, 0.5) is 0 Å². The van der Waals surface area contributed by atoms with Crippen LogP contribution in [0.25, 0.3) is 0 Å². The van der Waals surface area contributed by atoms with Crippen molar-refractivity contribution in [3.8, 4) is 0 Å². The molecule has 9 heteroatoms. The Balaban J connectivity index is 1.85. The summed E-state index contributed by atoms with van der Waals surface area (Å²) in [6.45, 7) is 3.44. The highest BCUT2D eigenvalue weighted by Crippen LogP contribution is 2.38. The van der Waals surface area contributed by atoms with Gasteiger partial charge in [0.05, 0.1) is 11.1 Å². The molecule has 1 aliphatic heterocycles. The van der Waals surface area contributed by atoms with Crippen molar-refractivity contribution in [2.45, 2.75) is 44.9 Å². The first-order chi connectivity index (χ1) is 15.7.